The van der Waals surface area contributed by atoms with Gasteiger partial charge in [-0.3, -0.25) is 4.90 Å². The Hall–Kier alpha value is -0.850. The second kappa shape index (κ2) is 7.18. The molecule has 0 spiro atoms. The van der Waals surface area contributed by atoms with Crippen LogP contribution in [0.2, 0.25) is 0 Å². The number of hydrogen-bond acceptors (Lipinski definition) is 5. The summed E-state index contributed by atoms with van der Waals surface area (Å²) >= 11 is 0. The minimum absolute atomic E-state index is 0.214. The molecule has 2 aliphatic heterocycles. The molecule has 1 N–H and O–H groups in total. The van der Waals surface area contributed by atoms with Crippen LogP contribution < -0.4 is 0 Å². The van der Waals surface area contributed by atoms with Gasteiger partial charge in [-0.25, -0.2) is 4.79 Å². The molecule has 2 aliphatic rings. The third kappa shape index (κ3) is 4.83. The topological polar surface area (TPSA) is 62.2 Å². The van der Waals surface area contributed by atoms with Crippen molar-refractivity contribution in [3.05, 3.63) is 0 Å². The van der Waals surface area contributed by atoms with Crippen LogP contribution in [0.3, 0.4) is 0 Å². The number of likely N-dealkylation sites (N-methyl/N-ethyl adjacent to an activating group) is 1. The van der Waals surface area contributed by atoms with Gasteiger partial charge in [0, 0.05) is 32.8 Å². The molecule has 1 amide bonds. The minimum atomic E-state index is -0.595. The highest BCUT2D eigenvalue weighted by atomic mass is 16.6. The zero-order chi connectivity index (χ0) is 18.1. The molecule has 0 saturated carbocycles. The Balaban J connectivity index is 1.83. The number of β-amino-alcohol motifs (C(OH)–C–C–N with tert-alkyl or cyclic N) is 1. The number of likely N-dealkylation sites (tertiary alicyclic amines) is 1. The number of carbonyl (C=O) groups excluding carboxylic acids is 1. The van der Waals surface area contributed by atoms with Crippen molar-refractivity contribution in [3.8, 4) is 0 Å². The smallest absolute Gasteiger partial charge is 0.410 e. The maximum absolute atomic E-state index is 12.0. The van der Waals surface area contributed by atoms with Gasteiger partial charge in [0.2, 0.25) is 0 Å². The highest BCUT2D eigenvalue weighted by molar-refractivity contribution is 5.67. The van der Waals surface area contributed by atoms with Crippen molar-refractivity contribution in [2.24, 2.45) is 5.41 Å². The summed E-state index contributed by atoms with van der Waals surface area (Å²) in [5.41, 5.74) is -0.311. The summed E-state index contributed by atoms with van der Waals surface area (Å²) in [5.74, 6) is 0. The van der Waals surface area contributed by atoms with Crippen LogP contribution in [0.25, 0.3) is 0 Å². The average Bonchev–Trinajstić information content (AvgIpc) is 2.88. The summed E-state index contributed by atoms with van der Waals surface area (Å²) in [7, 11) is 1.66. The quantitative estimate of drug-likeness (QED) is 0.829. The predicted molar refractivity (Wildman–Crippen MR) is 93.0 cm³/mol. The van der Waals surface area contributed by atoms with E-state index in [9.17, 15) is 9.90 Å². The van der Waals surface area contributed by atoms with E-state index in [0.717, 1.165) is 26.0 Å². The molecule has 2 saturated heterocycles. The van der Waals surface area contributed by atoms with Crippen molar-refractivity contribution in [2.45, 2.75) is 71.3 Å². The van der Waals surface area contributed by atoms with Crippen molar-refractivity contribution in [1.29, 1.82) is 0 Å². The van der Waals surface area contributed by atoms with Crippen LogP contribution in [-0.4, -0.2) is 78.1 Å². The molecule has 2 rings (SSSR count). The van der Waals surface area contributed by atoms with Crippen molar-refractivity contribution in [3.63, 3.8) is 0 Å². The summed E-state index contributed by atoms with van der Waals surface area (Å²) < 4.78 is 11.2. The van der Waals surface area contributed by atoms with Crippen molar-refractivity contribution in [2.75, 3.05) is 33.3 Å². The van der Waals surface area contributed by atoms with Gasteiger partial charge in [-0.1, -0.05) is 13.8 Å². The molecule has 0 aliphatic carbocycles. The molecule has 0 aromatic rings. The lowest BCUT2D eigenvalue weighted by atomic mass is 9.71. The fourth-order valence-corrected chi connectivity index (χ4v) is 3.92. The Labute approximate surface area is 146 Å². The molecule has 3 atom stereocenters. The zero-order valence-electron chi connectivity index (χ0n) is 16.0. The van der Waals surface area contributed by atoms with Crippen LogP contribution in [0.1, 0.15) is 47.5 Å². The standard InChI is InChI=1S/C18H34N2O4/c1-17(2,3)24-16(22)19(6)10-13(21)11-20-12-18(4,5)15(20)14-8-7-9-23-14/h13-15,21H,7-12H2,1-6H3. The first kappa shape index (κ1) is 19.5. The monoisotopic (exact) mass is 342 g/mol. The maximum atomic E-state index is 12.0. The van der Waals surface area contributed by atoms with E-state index < -0.39 is 17.8 Å². The number of aliphatic hydroxyl groups excluding tert-OH is 1. The molecule has 6 nitrogen and oxygen atoms in total. The first-order valence-electron chi connectivity index (χ1n) is 8.97. The summed E-state index contributed by atoms with van der Waals surface area (Å²) in [6.45, 7) is 12.6. The number of ether oxygens (including phenoxy) is 2. The molecule has 0 bridgehead atoms. The predicted octanol–water partition coefficient (Wildman–Crippen LogP) is 2.10. The second-order valence-corrected chi connectivity index (χ2v) is 8.93. The average molecular weight is 342 g/mol. The Kier molecular flexibility index (Phi) is 5.83. The molecule has 140 valence electrons. The zero-order valence-corrected chi connectivity index (χ0v) is 16.0. The summed E-state index contributed by atoms with van der Waals surface area (Å²) in [6.07, 6.45) is 1.49. The number of amides is 1. The maximum Gasteiger partial charge on any atom is 0.410 e. The van der Waals surface area contributed by atoms with Gasteiger partial charge in [0.15, 0.2) is 0 Å². The van der Waals surface area contributed by atoms with Crippen molar-refractivity contribution >= 4 is 6.09 Å². The number of rotatable bonds is 5. The van der Waals surface area contributed by atoms with Crippen LogP contribution in [0, 0.1) is 5.41 Å². The lowest BCUT2D eigenvalue weighted by molar-refractivity contribution is -0.130. The fourth-order valence-electron chi connectivity index (χ4n) is 3.92. The van der Waals surface area contributed by atoms with E-state index in [1.807, 2.05) is 20.8 Å². The lowest BCUT2D eigenvalue weighted by Crippen LogP contribution is -2.68. The molecular formula is C18H34N2O4. The Morgan fingerprint density at radius 3 is 2.62 bits per heavy atom. The van der Waals surface area contributed by atoms with E-state index >= 15 is 0 Å². The number of carbonyl (C=O) groups is 1. The van der Waals surface area contributed by atoms with Gasteiger partial charge >= 0.3 is 6.09 Å². The Morgan fingerprint density at radius 1 is 1.46 bits per heavy atom. The molecule has 24 heavy (non-hydrogen) atoms. The van der Waals surface area contributed by atoms with Gasteiger partial charge in [-0.05, 0) is 39.0 Å². The lowest BCUT2D eigenvalue weighted by Gasteiger charge is -2.57. The van der Waals surface area contributed by atoms with Crippen LogP contribution in [0.15, 0.2) is 0 Å². The summed E-state index contributed by atoms with van der Waals surface area (Å²) in [6, 6.07) is 0.349. The first-order chi connectivity index (χ1) is 11.0. The van der Waals surface area contributed by atoms with Gasteiger partial charge in [0.1, 0.15) is 5.60 Å². The highest BCUT2D eigenvalue weighted by Gasteiger charge is 2.50. The van der Waals surface area contributed by atoms with Crippen molar-refractivity contribution < 1.29 is 19.4 Å². The van der Waals surface area contributed by atoms with Gasteiger partial charge in [-0.2, -0.15) is 0 Å². The molecule has 3 unspecified atom stereocenters. The van der Waals surface area contributed by atoms with Gasteiger partial charge in [-0.15, -0.1) is 0 Å². The van der Waals surface area contributed by atoms with Gasteiger partial charge in [0.25, 0.3) is 0 Å². The Morgan fingerprint density at radius 2 is 2.12 bits per heavy atom. The number of hydrogen-bond donors (Lipinski definition) is 1. The van der Waals surface area contributed by atoms with E-state index in [1.54, 1.807) is 7.05 Å². The van der Waals surface area contributed by atoms with Crippen LogP contribution in [-0.2, 0) is 9.47 Å². The highest BCUT2D eigenvalue weighted by Crippen LogP contribution is 2.42. The minimum Gasteiger partial charge on any atom is -0.444 e. The first-order valence-corrected chi connectivity index (χ1v) is 8.97. The fraction of sp³-hybridized carbons (Fsp3) is 0.944. The largest absolute Gasteiger partial charge is 0.444 e. The second-order valence-electron chi connectivity index (χ2n) is 8.93. The summed E-state index contributed by atoms with van der Waals surface area (Å²) in [4.78, 5) is 15.7. The molecule has 2 fully saturated rings. The Bertz CT molecular complexity index is 441. The van der Waals surface area contributed by atoms with E-state index in [4.69, 9.17) is 9.47 Å². The third-order valence-corrected chi connectivity index (χ3v) is 4.76. The number of nitrogens with zero attached hydrogens (tertiary/aromatic N) is 2. The van der Waals surface area contributed by atoms with E-state index in [2.05, 4.69) is 18.7 Å². The normalized spacial score (nSPS) is 28.3. The van der Waals surface area contributed by atoms with E-state index in [0.29, 0.717) is 12.6 Å². The molecule has 2 heterocycles. The van der Waals surface area contributed by atoms with Crippen LogP contribution in [0.5, 0.6) is 0 Å². The molecular weight excluding hydrogens is 308 g/mol. The van der Waals surface area contributed by atoms with E-state index in [1.165, 1.54) is 4.90 Å². The molecule has 0 aromatic carbocycles. The van der Waals surface area contributed by atoms with Crippen molar-refractivity contribution in [1.82, 2.24) is 9.80 Å². The third-order valence-electron chi connectivity index (χ3n) is 4.76. The summed E-state index contributed by atoms with van der Waals surface area (Å²) in [5, 5.41) is 10.4. The SMILES string of the molecule is CN(CC(O)CN1CC(C)(C)C1C1CCCO1)C(=O)OC(C)(C)C. The van der Waals surface area contributed by atoms with E-state index in [-0.39, 0.29) is 18.1 Å². The molecule has 0 radical (unpaired) electrons. The van der Waals surface area contributed by atoms with Crippen LogP contribution in [0.4, 0.5) is 4.79 Å². The number of aliphatic hydroxyl groups is 1. The van der Waals surface area contributed by atoms with Gasteiger partial charge in [0.05, 0.1) is 18.8 Å². The van der Waals surface area contributed by atoms with Crippen LogP contribution >= 0.6 is 0 Å². The van der Waals surface area contributed by atoms with Gasteiger partial charge < -0.3 is 19.5 Å². The molecule has 0 aromatic heterocycles. The molecule has 6 heteroatoms.